The number of aryl methyl sites for hydroxylation is 2. The van der Waals surface area contributed by atoms with Gasteiger partial charge in [0.15, 0.2) is 0 Å². The molecule has 0 bridgehead atoms. The number of rotatable bonds is 1. The van der Waals surface area contributed by atoms with E-state index in [9.17, 15) is 0 Å². The molecular formula is C12H12NS+. The maximum Gasteiger partial charge on any atom is 0.235 e. The summed E-state index contributed by atoms with van der Waals surface area (Å²) in [6.45, 7) is 5.32. The monoisotopic (exact) mass is 202 g/mol. The Morgan fingerprint density at radius 1 is 1.50 bits per heavy atom. The molecule has 0 saturated carbocycles. The van der Waals surface area contributed by atoms with Crippen LogP contribution in [-0.4, -0.2) is 0 Å². The van der Waals surface area contributed by atoms with Crippen molar-refractivity contribution >= 4 is 21.6 Å². The molecule has 0 unspecified atom stereocenters. The summed E-state index contributed by atoms with van der Waals surface area (Å²) < 4.78 is 3.58. The molecule has 0 spiro atoms. The summed E-state index contributed by atoms with van der Waals surface area (Å²) in [5.41, 5.74) is 2.25. The van der Waals surface area contributed by atoms with Crippen LogP contribution in [0.3, 0.4) is 0 Å². The number of fused-ring (bicyclic) bond motifs is 1. The van der Waals surface area contributed by atoms with Crippen molar-refractivity contribution in [3.8, 4) is 12.3 Å². The topological polar surface area (TPSA) is 3.88 Å². The van der Waals surface area contributed by atoms with E-state index in [4.69, 9.17) is 6.42 Å². The molecule has 0 N–H and O–H groups in total. The van der Waals surface area contributed by atoms with Crippen molar-refractivity contribution < 1.29 is 4.57 Å². The van der Waals surface area contributed by atoms with E-state index in [1.165, 1.54) is 15.2 Å². The molecule has 2 rings (SSSR count). The van der Waals surface area contributed by atoms with Gasteiger partial charge in [0, 0.05) is 18.6 Å². The Bertz CT molecular complexity index is 517. The first-order valence-electron chi connectivity index (χ1n) is 4.66. The van der Waals surface area contributed by atoms with Gasteiger partial charge in [0.25, 0.3) is 0 Å². The Hall–Kier alpha value is -1.33. The average Bonchev–Trinajstić information content (AvgIpc) is 2.51. The summed E-state index contributed by atoms with van der Waals surface area (Å²) in [7, 11) is 0. The lowest BCUT2D eigenvalue weighted by atomic mass is 10.2. The smallest absolute Gasteiger partial charge is 0.186 e. The van der Waals surface area contributed by atoms with E-state index in [1.54, 1.807) is 11.3 Å². The van der Waals surface area contributed by atoms with Crippen molar-refractivity contribution in [3.05, 3.63) is 28.8 Å². The highest BCUT2D eigenvalue weighted by Crippen LogP contribution is 2.20. The molecular weight excluding hydrogens is 190 g/mol. The van der Waals surface area contributed by atoms with Crippen LogP contribution in [0.25, 0.3) is 10.2 Å². The van der Waals surface area contributed by atoms with Gasteiger partial charge in [-0.1, -0.05) is 17.3 Å². The van der Waals surface area contributed by atoms with Crippen LogP contribution in [-0.2, 0) is 6.54 Å². The molecule has 14 heavy (non-hydrogen) atoms. The number of terminal acetylenes is 1. The summed E-state index contributed by atoms with van der Waals surface area (Å²) in [5.74, 6) is 2.66. The van der Waals surface area contributed by atoms with Crippen molar-refractivity contribution in [1.82, 2.24) is 0 Å². The van der Waals surface area contributed by atoms with Crippen molar-refractivity contribution in [2.45, 2.75) is 20.4 Å². The van der Waals surface area contributed by atoms with Gasteiger partial charge in [-0.25, -0.2) is 0 Å². The SMILES string of the molecule is C#Cc1ccc2c(c1)sc(C)[n+]2CC. The maximum absolute atomic E-state index is 5.37. The molecule has 0 fully saturated rings. The molecule has 1 nitrogen and oxygen atoms in total. The number of aromatic nitrogens is 1. The van der Waals surface area contributed by atoms with Crippen LogP contribution >= 0.6 is 11.3 Å². The largest absolute Gasteiger partial charge is 0.235 e. The molecule has 70 valence electrons. The van der Waals surface area contributed by atoms with Gasteiger partial charge in [-0.2, -0.15) is 4.57 Å². The minimum absolute atomic E-state index is 0.960. The summed E-state index contributed by atoms with van der Waals surface area (Å²) in [6, 6.07) is 6.19. The van der Waals surface area contributed by atoms with E-state index in [2.05, 4.69) is 36.5 Å². The lowest BCUT2D eigenvalue weighted by Crippen LogP contribution is -2.33. The summed E-state index contributed by atoms with van der Waals surface area (Å²) in [6.07, 6.45) is 5.37. The highest BCUT2D eigenvalue weighted by atomic mass is 32.1. The Morgan fingerprint density at radius 2 is 2.29 bits per heavy atom. The molecule has 0 aliphatic rings. The van der Waals surface area contributed by atoms with Crippen molar-refractivity contribution in [3.63, 3.8) is 0 Å². The van der Waals surface area contributed by atoms with Gasteiger partial charge in [0.2, 0.25) is 10.5 Å². The second kappa shape index (κ2) is 3.43. The Labute approximate surface area is 88.0 Å². The van der Waals surface area contributed by atoms with Gasteiger partial charge in [-0.15, -0.1) is 6.42 Å². The van der Waals surface area contributed by atoms with E-state index in [-0.39, 0.29) is 0 Å². The number of hydrogen-bond donors (Lipinski definition) is 0. The van der Waals surface area contributed by atoms with Gasteiger partial charge in [0.05, 0.1) is 0 Å². The van der Waals surface area contributed by atoms with Crippen LogP contribution in [0.15, 0.2) is 18.2 Å². The van der Waals surface area contributed by atoms with Crippen molar-refractivity contribution in [1.29, 1.82) is 0 Å². The third-order valence-corrected chi connectivity index (χ3v) is 3.43. The third-order valence-electron chi connectivity index (χ3n) is 2.37. The van der Waals surface area contributed by atoms with Crippen LogP contribution in [0.2, 0.25) is 0 Å². The quantitative estimate of drug-likeness (QED) is 0.494. The van der Waals surface area contributed by atoms with Gasteiger partial charge >= 0.3 is 0 Å². The van der Waals surface area contributed by atoms with Gasteiger partial charge in [-0.05, 0) is 19.1 Å². The van der Waals surface area contributed by atoms with Crippen LogP contribution in [0.5, 0.6) is 0 Å². The van der Waals surface area contributed by atoms with E-state index in [0.717, 1.165) is 12.1 Å². The number of thiazole rings is 1. The summed E-state index contributed by atoms with van der Waals surface area (Å²) in [4.78, 5) is 0. The van der Waals surface area contributed by atoms with E-state index >= 15 is 0 Å². The molecule has 1 aromatic heterocycles. The Morgan fingerprint density at radius 3 is 2.93 bits per heavy atom. The minimum Gasteiger partial charge on any atom is -0.186 e. The first kappa shape index (κ1) is 9.23. The lowest BCUT2D eigenvalue weighted by Gasteiger charge is -1.91. The zero-order chi connectivity index (χ0) is 10.1. The van der Waals surface area contributed by atoms with Crippen LogP contribution in [0.4, 0.5) is 0 Å². The van der Waals surface area contributed by atoms with Crippen LogP contribution < -0.4 is 4.57 Å². The van der Waals surface area contributed by atoms with Crippen molar-refractivity contribution in [2.24, 2.45) is 0 Å². The van der Waals surface area contributed by atoms with Gasteiger partial charge < -0.3 is 0 Å². The fraction of sp³-hybridized carbons (Fsp3) is 0.250. The summed E-state index contributed by atoms with van der Waals surface area (Å²) >= 11 is 1.80. The van der Waals surface area contributed by atoms with E-state index in [1.807, 2.05) is 6.07 Å². The molecule has 1 aromatic carbocycles. The molecule has 2 heteroatoms. The second-order valence-electron chi connectivity index (χ2n) is 3.19. The molecule has 0 amide bonds. The lowest BCUT2D eigenvalue weighted by molar-refractivity contribution is -0.669. The van der Waals surface area contributed by atoms with Gasteiger partial charge in [0.1, 0.15) is 11.2 Å². The fourth-order valence-corrected chi connectivity index (χ4v) is 2.81. The minimum atomic E-state index is 0.960. The molecule has 2 aromatic rings. The average molecular weight is 202 g/mol. The van der Waals surface area contributed by atoms with Gasteiger partial charge in [-0.3, -0.25) is 0 Å². The standard InChI is InChI=1S/C12H12NS/c1-4-10-6-7-11-12(8-10)14-9(3)13(11)5-2/h1,6-8H,5H2,2-3H3/q+1. The van der Waals surface area contributed by atoms with E-state index in [0.29, 0.717) is 0 Å². The molecule has 0 atom stereocenters. The Kier molecular flexibility index (Phi) is 2.26. The zero-order valence-corrected chi connectivity index (χ0v) is 9.19. The summed E-state index contributed by atoms with van der Waals surface area (Å²) in [5, 5.41) is 1.33. The number of benzene rings is 1. The highest BCUT2D eigenvalue weighted by molar-refractivity contribution is 7.18. The molecule has 0 aliphatic carbocycles. The predicted octanol–water partition coefficient (Wildman–Crippen LogP) is 2.50. The van der Waals surface area contributed by atoms with E-state index < -0.39 is 0 Å². The third kappa shape index (κ3) is 1.30. The van der Waals surface area contributed by atoms with Crippen LogP contribution in [0, 0.1) is 19.3 Å². The maximum atomic E-state index is 5.37. The van der Waals surface area contributed by atoms with Crippen LogP contribution in [0.1, 0.15) is 17.5 Å². The molecule has 0 aliphatic heterocycles. The first-order chi connectivity index (χ1) is 6.76. The highest BCUT2D eigenvalue weighted by Gasteiger charge is 2.14. The normalized spacial score (nSPS) is 10.4. The molecule has 0 saturated heterocycles. The fourth-order valence-electron chi connectivity index (χ4n) is 1.69. The second-order valence-corrected chi connectivity index (χ2v) is 4.43. The Balaban J connectivity index is 2.76. The molecule has 0 radical (unpaired) electrons. The zero-order valence-electron chi connectivity index (χ0n) is 8.37. The van der Waals surface area contributed by atoms with Crippen molar-refractivity contribution in [2.75, 3.05) is 0 Å². The first-order valence-corrected chi connectivity index (χ1v) is 5.47. The predicted molar refractivity (Wildman–Crippen MR) is 60.4 cm³/mol. The molecule has 1 heterocycles. The number of hydrogen-bond acceptors (Lipinski definition) is 1. The number of nitrogens with zero attached hydrogens (tertiary/aromatic N) is 1.